The van der Waals surface area contributed by atoms with E-state index in [-0.39, 0.29) is 0 Å². The van der Waals surface area contributed by atoms with Crippen LogP contribution in [-0.2, 0) is 8.85 Å². The van der Waals surface area contributed by atoms with E-state index in [4.69, 9.17) is 8.85 Å². The Morgan fingerprint density at radius 2 is 1.40 bits per heavy atom. The highest BCUT2D eigenvalue weighted by Crippen LogP contribution is 2.04. The maximum absolute atomic E-state index is 6.11. The predicted octanol–water partition coefficient (Wildman–Crippen LogP) is 3.84. The van der Waals surface area contributed by atoms with Gasteiger partial charge in [0, 0.05) is 13.2 Å². The number of unbranched alkanes of at least 4 members (excludes halogenated alkanes) is 4. The van der Waals surface area contributed by atoms with Gasteiger partial charge in [-0.25, -0.2) is 0 Å². The van der Waals surface area contributed by atoms with Gasteiger partial charge >= 0.3 is 9.28 Å². The molecule has 1 aromatic carbocycles. The minimum atomic E-state index is -1.72. The van der Waals surface area contributed by atoms with Crippen molar-refractivity contribution in [2.75, 3.05) is 13.2 Å². The van der Waals surface area contributed by atoms with E-state index in [1.807, 2.05) is 0 Å². The molecule has 0 N–H and O–H groups in total. The summed E-state index contributed by atoms with van der Waals surface area (Å²) in [6, 6.07) is 8.50. The Morgan fingerprint density at radius 1 is 0.850 bits per heavy atom. The lowest BCUT2D eigenvalue weighted by Crippen LogP contribution is -2.39. The van der Waals surface area contributed by atoms with Gasteiger partial charge in [-0.3, -0.25) is 0 Å². The molecule has 0 aliphatic rings. The standard InChI is InChI=1S/C17H30O2Si/c1-4-6-10-14-18-20(19-15-11-7-5-2)17-13-9-8-12-16(17)3/h8-9,12-13,20H,4-7,10-11,14-15H2,1-3H3. The van der Waals surface area contributed by atoms with Crippen molar-refractivity contribution in [3.05, 3.63) is 29.8 Å². The summed E-state index contributed by atoms with van der Waals surface area (Å²) in [4.78, 5) is 0. The molecule has 0 unspecified atom stereocenters. The van der Waals surface area contributed by atoms with Gasteiger partial charge in [-0.05, 0) is 30.5 Å². The molecular weight excluding hydrogens is 264 g/mol. The molecule has 0 saturated carbocycles. The van der Waals surface area contributed by atoms with Gasteiger partial charge in [-0.2, -0.15) is 0 Å². The van der Waals surface area contributed by atoms with Crippen LogP contribution >= 0.6 is 0 Å². The Balaban J connectivity index is 2.52. The Bertz CT molecular complexity index is 343. The molecule has 0 amide bonds. The van der Waals surface area contributed by atoms with Gasteiger partial charge in [0.1, 0.15) is 0 Å². The fraction of sp³-hybridized carbons (Fsp3) is 0.647. The Kier molecular flexibility index (Phi) is 9.63. The van der Waals surface area contributed by atoms with Crippen molar-refractivity contribution in [3.8, 4) is 0 Å². The van der Waals surface area contributed by atoms with Gasteiger partial charge in [0.05, 0.1) is 0 Å². The van der Waals surface area contributed by atoms with E-state index in [1.54, 1.807) is 0 Å². The maximum atomic E-state index is 6.11. The summed E-state index contributed by atoms with van der Waals surface area (Å²) in [5, 5.41) is 1.31. The molecule has 1 rings (SSSR count). The molecule has 0 atom stereocenters. The molecule has 114 valence electrons. The van der Waals surface area contributed by atoms with Crippen LogP contribution in [-0.4, -0.2) is 22.5 Å². The summed E-state index contributed by atoms with van der Waals surface area (Å²) in [6.07, 6.45) is 7.23. The smallest absolute Gasteiger partial charge is 0.356 e. The van der Waals surface area contributed by atoms with Gasteiger partial charge in [-0.1, -0.05) is 63.8 Å². The number of aryl methyl sites for hydroxylation is 1. The molecule has 0 aliphatic carbocycles. The SMILES string of the molecule is CCCCCO[SiH](OCCCCC)c1ccccc1C. The van der Waals surface area contributed by atoms with Crippen LogP contribution in [0.1, 0.15) is 57.9 Å². The average molecular weight is 295 g/mol. The van der Waals surface area contributed by atoms with Crippen LogP contribution in [0.25, 0.3) is 0 Å². The molecule has 0 bridgehead atoms. The highest BCUT2D eigenvalue weighted by atomic mass is 28.3. The first kappa shape index (κ1) is 17.4. The topological polar surface area (TPSA) is 18.5 Å². The monoisotopic (exact) mass is 294 g/mol. The molecule has 0 aromatic heterocycles. The quantitative estimate of drug-likeness (QED) is 0.456. The lowest BCUT2D eigenvalue weighted by atomic mass is 10.2. The first-order chi connectivity index (χ1) is 9.79. The second-order valence-corrected chi connectivity index (χ2v) is 7.30. The lowest BCUT2D eigenvalue weighted by molar-refractivity contribution is 0.200. The zero-order valence-corrected chi connectivity index (χ0v) is 14.5. The number of hydrogen-bond acceptors (Lipinski definition) is 2. The van der Waals surface area contributed by atoms with Crippen molar-refractivity contribution in [2.45, 2.75) is 59.3 Å². The minimum Gasteiger partial charge on any atom is -0.393 e. The summed E-state index contributed by atoms with van der Waals surface area (Å²) >= 11 is 0. The van der Waals surface area contributed by atoms with E-state index < -0.39 is 9.28 Å². The van der Waals surface area contributed by atoms with E-state index >= 15 is 0 Å². The number of benzene rings is 1. The number of rotatable bonds is 11. The van der Waals surface area contributed by atoms with Gasteiger partial charge in [0.2, 0.25) is 0 Å². The molecule has 2 nitrogen and oxygen atoms in total. The third-order valence-electron chi connectivity index (χ3n) is 3.48. The highest BCUT2D eigenvalue weighted by molar-refractivity contribution is 6.61. The lowest BCUT2D eigenvalue weighted by Gasteiger charge is -2.19. The van der Waals surface area contributed by atoms with Gasteiger partial charge in [-0.15, -0.1) is 0 Å². The van der Waals surface area contributed by atoms with Crippen molar-refractivity contribution in [1.82, 2.24) is 0 Å². The molecule has 3 heteroatoms. The molecule has 0 saturated heterocycles. The van der Waals surface area contributed by atoms with E-state index in [0.717, 1.165) is 26.1 Å². The first-order valence-corrected chi connectivity index (χ1v) is 9.60. The molecular formula is C17H30O2Si. The Hall–Kier alpha value is -0.643. The zero-order chi connectivity index (χ0) is 14.6. The normalized spacial score (nSPS) is 11.2. The highest BCUT2D eigenvalue weighted by Gasteiger charge is 2.18. The third-order valence-corrected chi connectivity index (χ3v) is 5.71. The van der Waals surface area contributed by atoms with Crippen molar-refractivity contribution >= 4 is 14.5 Å². The molecule has 1 aromatic rings. The Labute approximate surface area is 126 Å². The zero-order valence-electron chi connectivity index (χ0n) is 13.4. The summed E-state index contributed by atoms with van der Waals surface area (Å²) in [7, 11) is -1.72. The van der Waals surface area contributed by atoms with Crippen LogP contribution in [0.3, 0.4) is 0 Å². The second kappa shape index (κ2) is 11.1. The summed E-state index contributed by atoms with van der Waals surface area (Å²) < 4.78 is 12.2. The summed E-state index contributed by atoms with van der Waals surface area (Å²) in [5.41, 5.74) is 1.30. The largest absolute Gasteiger partial charge is 0.393 e. The van der Waals surface area contributed by atoms with Gasteiger partial charge in [0.25, 0.3) is 0 Å². The van der Waals surface area contributed by atoms with Crippen LogP contribution < -0.4 is 5.19 Å². The fourth-order valence-corrected chi connectivity index (χ4v) is 4.12. The number of hydrogen-bond donors (Lipinski definition) is 0. The average Bonchev–Trinajstić information content (AvgIpc) is 2.46. The fourth-order valence-electron chi connectivity index (χ4n) is 2.16. The molecule has 0 aliphatic heterocycles. The van der Waals surface area contributed by atoms with Crippen molar-refractivity contribution in [2.24, 2.45) is 0 Å². The van der Waals surface area contributed by atoms with Crippen molar-refractivity contribution in [1.29, 1.82) is 0 Å². The predicted molar refractivity (Wildman–Crippen MR) is 88.9 cm³/mol. The third kappa shape index (κ3) is 6.68. The van der Waals surface area contributed by atoms with Crippen LogP contribution in [0, 0.1) is 6.92 Å². The second-order valence-electron chi connectivity index (χ2n) is 5.34. The molecule has 0 fully saturated rings. The maximum Gasteiger partial charge on any atom is 0.356 e. The van der Waals surface area contributed by atoms with E-state index in [2.05, 4.69) is 45.0 Å². The van der Waals surface area contributed by atoms with Gasteiger partial charge in [0.15, 0.2) is 0 Å². The summed E-state index contributed by atoms with van der Waals surface area (Å²) in [5.74, 6) is 0. The van der Waals surface area contributed by atoms with E-state index in [1.165, 1.54) is 36.4 Å². The van der Waals surface area contributed by atoms with Crippen LogP contribution in [0.2, 0.25) is 0 Å². The molecule has 0 heterocycles. The molecule has 0 spiro atoms. The Morgan fingerprint density at radius 3 is 1.90 bits per heavy atom. The van der Waals surface area contributed by atoms with Crippen molar-refractivity contribution in [3.63, 3.8) is 0 Å². The van der Waals surface area contributed by atoms with Crippen LogP contribution in [0.5, 0.6) is 0 Å². The molecule has 20 heavy (non-hydrogen) atoms. The van der Waals surface area contributed by atoms with E-state index in [9.17, 15) is 0 Å². The van der Waals surface area contributed by atoms with E-state index in [0.29, 0.717) is 0 Å². The van der Waals surface area contributed by atoms with Crippen LogP contribution in [0.15, 0.2) is 24.3 Å². The first-order valence-electron chi connectivity index (χ1n) is 8.08. The van der Waals surface area contributed by atoms with Gasteiger partial charge < -0.3 is 8.85 Å². The van der Waals surface area contributed by atoms with Crippen LogP contribution in [0.4, 0.5) is 0 Å². The minimum absolute atomic E-state index is 0.840. The van der Waals surface area contributed by atoms with Crippen molar-refractivity contribution < 1.29 is 8.85 Å². The molecule has 0 radical (unpaired) electrons. The summed E-state index contributed by atoms with van der Waals surface area (Å²) in [6.45, 7) is 8.27.